The highest BCUT2D eigenvalue weighted by atomic mass is 35.5. The molecule has 4 unspecified atom stereocenters. The SMILES string of the molecule is CC1C(C(=O)N2CCC3(CC(=O)NC3=O)C2)NNC1c1ccc(Cl)cc1. The second-order valence-corrected chi connectivity index (χ2v) is 7.94. The van der Waals surface area contributed by atoms with Gasteiger partial charge in [-0.3, -0.25) is 19.7 Å². The normalized spacial score (nSPS) is 33.9. The predicted molar refractivity (Wildman–Crippen MR) is 94.8 cm³/mol. The molecule has 3 N–H and O–H groups in total. The molecule has 3 amide bonds. The van der Waals surface area contributed by atoms with Crippen molar-refractivity contribution in [3.63, 3.8) is 0 Å². The monoisotopic (exact) mass is 376 g/mol. The number of benzene rings is 1. The number of halogens is 1. The summed E-state index contributed by atoms with van der Waals surface area (Å²) in [5.41, 5.74) is 6.62. The fraction of sp³-hybridized carbons (Fsp3) is 0.500. The Bertz CT molecular complexity index is 768. The van der Waals surface area contributed by atoms with Gasteiger partial charge in [0.05, 0.1) is 11.5 Å². The van der Waals surface area contributed by atoms with Crippen LogP contribution in [-0.2, 0) is 14.4 Å². The molecule has 3 heterocycles. The van der Waals surface area contributed by atoms with Gasteiger partial charge in [-0.1, -0.05) is 30.7 Å². The highest BCUT2D eigenvalue weighted by Gasteiger charge is 2.53. The maximum Gasteiger partial charge on any atom is 0.241 e. The van der Waals surface area contributed by atoms with Gasteiger partial charge in [0.25, 0.3) is 0 Å². The molecule has 4 atom stereocenters. The number of hydrogen-bond donors (Lipinski definition) is 3. The largest absolute Gasteiger partial charge is 0.340 e. The van der Waals surface area contributed by atoms with Gasteiger partial charge in [0, 0.05) is 30.5 Å². The van der Waals surface area contributed by atoms with Crippen LogP contribution in [0, 0.1) is 11.3 Å². The summed E-state index contributed by atoms with van der Waals surface area (Å²) in [6.07, 6.45) is 0.709. The van der Waals surface area contributed by atoms with Crippen molar-refractivity contribution in [2.24, 2.45) is 11.3 Å². The molecule has 0 aliphatic carbocycles. The number of hydrazine groups is 1. The van der Waals surface area contributed by atoms with Crippen LogP contribution < -0.4 is 16.2 Å². The lowest BCUT2D eigenvalue weighted by atomic mass is 9.85. The average Bonchev–Trinajstić information content (AvgIpc) is 3.27. The Morgan fingerprint density at radius 3 is 2.62 bits per heavy atom. The van der Waals surface area contributed by atoms with Crippen LogP contribution in [0.15, 0.2) is 24.3 Å². The lowest BCUT2D eigenvalue weighted by Gasteiger charge is -2.25. The molecular formula is C18H21ClN4O3. The quantitative estimate of drug-likeness (QED) is 0.663. The molecule has 4 rings (SSSR count). The number of nitrogens with zero attached hydrogens (tertiary/aromatic N) is 1. The number of imide groups is 1. The van der Waals surface area contributed by atoms with Crippen LogP contribution in [0.3, 0.4) is 0 Å². The van der Waals surface area contributed by atoms with E-state index in [2.05, 4.69) is 16.2 Å². The Kier molecular flexibility index (Phi) is 4.25. The van der Waals surface area contributed by atoms with E-state index in [9.17, 15) is 14.4 Å². The molecule has 3 aliphatic heterocycles. The lowest BCUT2D eigenvalue weighted by molar-refractivity contribution is -0.134. The van der Waals surface area contributed by atoms with Gasteiger partial charge in [-0.05, 0) is 24.1 Å². The van der Waals surface area contributed by atoms with E-state index in [0.717, 1.165) is 5.56 Å². The molecule has 3 saturated heterocycles. The van der Waals surface area contributed by atoms with Crippen molar-refractivity contribution in [3.05, 3.63) is 34.9 Å². The molecule has 3 fully saturated rings. The Balaban J connectivity index is 1.45. The molecule has 3 aliphatic rings. The average molecular weight is 377 g/mol. The zero-order valence-corrected chi connectivity index (χ0v) is 15.2. The van der Waals surface area contributed by atoms with E-state index < -0.39 is 5.41 Å². The van der Waals surface area contributed by atoms with Crippen molar-refractivity contribution in [2.75, 3.05) is 13.1 Å². The summed E-state index contributed by atoms with van der Waals surface area (Å²) in [6.45, 7) is 2.82. The highest BCUT2D eigenvalue weighted by molar-refractivity contribution is 6.30. The molecule has 1 aromatic carbocycles. The molecule has 26 heavy (non-hydrogen) atoms. The van der Waals surface area contributed by atoms with Crippen LogP contribution in [0.5, 0.6) is 0 Å². The smallest absolute Gasteiger partial charge is 0.241 e. The number of rotatable bonds is 2. The number of hydrogen-bond acceptors (Lipinski definition) is 5. The third-order valence-corrected chi connectivity index (χ3v) is 6.09. The van der Waals surface area contributed by atoms with Crippen LogP contribution in [0.2, 0.25) is 5.02 Å². The van der Waals surface area contributed by atoms with Gasteiger partial charge < -0.3 is 4.90 Å². The zero-order valence-electron chi connectivity index (χ0n) is 14.4. The topological polar surface area (TPSA) is 90.5 Å². The van der Waals surface area contributed by atoms with Crippen LogP contribution in [0.4, 0.5) is 0 Å². The summed E-state index contributed by atoms with van der Waals surface area (Å²) in [6, 6.07) is 7.18. The van der Waals surface area contributed by atoms with Crippen LogP contribution in [-0.4, -0.2) is 41.8 Å². The maximum atomic E-state index is 13.0. The Morgan fingerprint density at radius 2 is 1.96 bits per heavy atom. The molecule has 7 nitrogen and oxygen atoms in total. The number of likely N-dealkylation sites (tertiary alicyclic amines) is 1. The van der Waals surface area contributed by atoms with E-state index in [1.165, 1.54) is 0 Å². The predicted octanol–water partition coefficient (Wildman–Crippen LogP) is 0.759. The minimum atomic E-state index is -0.738. The van der Waals surface area contributed by atoms with Crippen LogP contribution in [0.1, 0.15) is 31.4 Å². The standard InChI is InChI=1S/C18H21ClN4O3/c1-10-14(11-2-4-12(19)5-3-11)21-22-15(10)16(25)23-7-6-18(9-23)8-13(24)20-17(18)26/h2-5,10,14-15,21-22H,6-9H2,1H3,(H,20,24,26). The highest BCUT2D eigenvalue weighted by Crippen LogP contribution is 2.39. The van der Waals surface area contributed by atoms with Crippen molar-refractivity contribution in [1.29, 1.82) is 0 Å². The lowest BCUT2D eigenvalue weighted by Crippen LogP contribution is -2.47. The first-order chi connectivity index (χ1) is 12.4. The molecule has 0 aromatic heterocycles. The molecule has 0 radical (unpaired) electrons. The third-order valence-electron chi connectivity index (χ3n) is 5.84. The number of nitrogens with one attached hydrogen (secondary N) is 3. The molecular weight excluding hydrogens is 356 g/mol. The first-order valence-electron chi connectivity index (χ1n) is 8.79. The van der Waals surface area contributed by atoms with E-state index in [-0.39, 0.29) is 42.1 Å². The summed E-state index contributed by atoms with van der Waals surface area (Å²) in [5.74, 6) is -0.506. The van der Waals surface area contributed by atoms with Crippen molar-refractivity contribution in [1.82, 2.24) is 21.1 Å². The Labute approximate surface area is 156 Å². The van der Waals surface area contributed by atoms with Gasteiger partial charge in [0.15, 0.2) is 0 Å². The van der Waals surface area contributed by atoms with E-state index in [1.807, 2.05) is 31.2 Å². The summed E-state index contributed by atoms with van der Waals surface area (Å²) in [5, 5.41) is 3.04. The van der Waals surface area contributed by atoms with Crippen molar-refractivity contribution >= 4 is 29.3 Å². The fourth-order valence-electron chi connectivity index (χ4n) is 4.26. The summed E-state index contributed by atoms with van der Waals surface area (Å²) in [7, 11) is 0. The van der Waals surface area contributed by atoms with Gasteiger partial charge in [-0.2, -0.15) is 0 Å². The first-order valence-corrected chi connectivity index (χ1v) is 9.17. The number of carbonyl (C=O) groups excluding carboxylic acids is 3. The van der Waals surface area contributed by atoms with E-state index in [4.69, 9.17) is 11.6 Å². The summed E-state index contributed by atoms with van der Waals surface area (Å²) in [4.78, 5) is 38.4. The van der Waals surface area contributed by atoms with E-state index in [1.54, 1.807) is 4.90 Å². The van der Waals surface area contributed by atoms with Crippen molar-refractivity contribution in [2.45, 2.75) is 31.8 Å². The molecule has 8 heteroatoms. The van der Waals surface area contributed by atoms with Crippen LogP contribution in [0.25, 0.3) is 0 Å². The molecule has 0 bridgehead atoms. The molecule has 138 valence electrons. The van der Waals surface area contributed by atoms with Gasteiger partial charge >= 0.3 is 0 Å². The van der Waals surface area contributed by atoms with E-state index >= 15 is 0 Å². The van der Waals surface area contributed by atoms with Gasteiger partial charge in [0.2, 0.25) is 17.7 Å². The van der Waals surface area contributed by atoms with Gasteiger partial charge in [0.1, 0.15) is 6.04 Å². The Hall–Kier alpha value is -1.96. The number of carbonyl (C=O) groups is 3. The third kappa shape index (κ3) is 2.80. The fourth-order valence-corrected chi connectivity index (χ4v) is 4.38. The molecule has 1 spiro atoms. The minimum Gasteiger partial charge on any atom is -0.340 e. The Morgan fingerprint density at radius 1 is 1.23 bits per heavy atom. The number of amides is 3. The van der Waals surface area contributed by atoms with Gasteiger partial charge in [-0.25, -0.2) is 10.9 Å². The second kappa shape index (κ2) is 6.33. The van der Waals surface area contributed by atoms with Crippen LogP contribution >= 0.6 is 11.6 Å². The van der Waals surface area contributed by atoms with E-state index in [0.29, 0.717) is 24.5 Å². The minimum absolute atomic E-state index is 0.00543. The maximum absolute atomic E-state index is 13.0. The summed E-state index contributed by atoms with van der Waals surface area (Å²) >= 11 is 5.95. The molecule has 1 aromatic rings. The first kappa shape index (κ1) is 17.5. The zero-order chi connectivity index (χ0) is 18.5. The van der Waals surface area contributed by atoms with Crippen molar-refractivity contribution < 1.29 is 14.4 Å². The molecule has 0 saturated carbocycles. The summed E-state index contributed by atoms with van der Waals surface area (Å²) < 4.78 is 0. The van der Waals surface area contributed by atoms with Crippen molar-refractivity contribution in [3.8, 4) is 0 Å². The van der Waals surface area contributed by atoms with Gasteiger partial charge in [-0.15, -0.1) is 0 Å². The second-order valence-electron chi connectivity index (χ2n) is 7.50.